The minimum atomic E-state index is -1.06. The second-order valence-electron chi connectivity index (χ2n) is 5.12. The Hall–Kier alpha value is -1.91. The number of nitrogens with one attached hydrogen (secondary N) is 1. The standard InChI is InChI=1S/C14H18N2O3/c1-2-14(5-3-6-14)9-16-12(17)11-8-10(13(18)19)4-7-15-11/h4,7-8H,2-3,5-6,9H2,1H3,(H,16,17)(H,18,19). The number of aromatic nitrogens is 1. The Kier molecular flexibility index (Phi) is 3.83. The number of aromatic carboxylic acids is 1. The molecule has 0 unspecified atom stereocenters. The second-order valence-corrected chi connectivity index (χ2v) is 5.12. The van der Waals surface area contributed by atoms with E-state index in [4.69, 9.17) is 5.11 Å². The average Bonchev–Trinajstić information content (AvgIpc) is 2.38. The van der Waals surface area contributed by atoms with Crippen LogP contribution in [0.3, 0.4) is 0 Å². The number of hydrogen-bond acceptors (Lipinski definition) is 3. The van der Waals surface area contributed by atoms with Gasteiger partial charge in [0.1, 0.15) is 5.69 Å². The fraction of sp³-hybridized carbons (Fsp3) is 0.500. The summed E-state index contributed by atoms with van der Waals surface area (Å²) in [5, 5.41) is 11.7. The third-order valence-electron chi connectivity index (χ3n) is 4.03. The molecule has 0 radical (unpaired) electrons. The molecule has 1 saturated carbocycles. The molecular formula is C14H18N2O3. The average molecular weight is 262 g/mol. The summed E-state index contributed by atoms with van der Waals surface area (Å²) in [5.41, 5.74) is 0.472. The Morgan fingerprint density at radius 2 is 2.21 bits per heavy atom. The van der Waals surface area contributed by atoms with Gasteiger partial charge in [-0.15, -0.1) is 0 Å². The number of carboxylic acids is 1. The predicted molar refractivity (Wildman–Crippen MR) is 70.1 cm³/mol. The zero-order valence-electron chi connectivity index (χ0n) is 11.0. The van der Waals surface area contributed by atoms with Crippen LogP contribution < -0.4 is 5.32 Å². The highest BCUT2D eigenvalue weighted by atomic mass is 16.4. The van der Waals surface area contributed by atoms with Crippen LogP contribution in [0, 0.1) is 5.41 Å². The minimum absolute atomic E-state index is 0.0778. The van der Waals surface area contributed by atoms with Crippen LogP contribution >= 0.6 is 0 Å². The number of carboxylic acid groups (broad SMARTS) is 1. The van der Waals surface area contributed by atoms with Gasteiger partial charge in [-0.2, -0.15) is 0 Å². The van der Waals surface area contributed by atoms with Gasteiger partial charge in [-0.25, -0.2) is 4.79 Å². The zero-order valence-corrected chi connectivity index (χ0v) is 11.0. The topological polar surface area (TPSA) is 79.3 Å². The van der Waals surface area contributed by atoms with Crippen molar-refractivity contribution >= 4 is 11.9 Å². The molecule has 19 heavy (non-hydrogen) atoms. The van der Waals surface area contributed by atoms with Crippen molar-refractivity contribution in [3.63, 3.8) is 0 Å². The molecule has 1 aromatic heterocycles. The molecule has 1 amide bonds. The van der Waals surface area contributed by atoms with E-state index in [2.05, 4.69) is 17.2 Å². The third-order valence-corrected chi connectivity index (χ3v) is 4.03. The Morgan fingerprint density at radius 3 is 2.74 bits per heavy atom. The molecule has 1 heterocycles. The molecule has 2 rings (SSSR count). The van der Waals surface area contributed by atoms with Gasteiger partial charge in [0.15, 0.2) is 0 Å². The monoisotopic (exact) mass is 262 g/mol. The first-order chi connectivity index (χ1) is 9.06. The van der Waals surface area contributed by atoms with Gasteiger partial charge in [-0.05, 0) is 36.8 Å². The zero-order chi connectivity index (χ0) is 13.9. The summed E-state index contributed by atoms with van der Waals surface area (Å²) < 4.78 is 0. The third kappa shape index (κ3) is 2.92. The van der Waals surface area contributed by atoms with Gasteiger partial charge in [0.05, 0.1) is 5.56 Å². The smallest absolute Gasteiger partial charge is 0.335 e. The van der Waals surface area contributed by atoms with Crippen LogP contribution in [0.15, 0.2) is 18.3 Å². The molecule has 0 atom stereocenters. The number of rotatable bonds is 5. The van der Waals surface area contributed by atoms with E-state index in [1.807, 2.05) is 0 Å². The summed E-state index contributed by atoms with van der Waals surface area (Å²) in [6, 6.07) is 2.68. The van der Waals surface area contributed by atoms with E-state index in [0.29, 0.717) is 6.54 Å². The van der Waals surface area contributed by atoms with Crippen LogP contribution in [-0.4, -0.2) is 28.5 Å². The molecule has 0 saturated heterocycles. The summed E-state index contributed by atoms with van der Waals surface area (Å²) in [5.74, 6) is -1.36. The summed E-state index contributed by atoms with van der Waals surface area (Å²) in [6.07, 6.45) is 5.91. The van der Waals surface area contributed by atoms with E-state index < -0.39 is 5.97 Å². The highest BCUT2D eigenvalue weighted by Crippen LogP contribution is 2.43. The molecule has 2 N–H and O–H groups in total. The number of amides is 1. The lowest BCUT2D eigenvalue weighted by Crippen LogP contribution is -2.41. The molecule has 0 aromatic carbocycles. The minimum Gasteiger partial charge on any atom is -0.478 e. The molecular weight excluding hydrogens is 244 g/mol. The lowest BCUT2D eigenvalue weighted by molar-refractivity contribution is 0.0696. The van der Waals surface area contributed by atoms with Gasteiger partial charge in [0, 0.05) is 12.7 Å². The Bertz CT molecular complexity index is 490. The molecule has 1 aliphatic carbocycles. The van der Waals surface area contributed by atoms with Crippen molar-refractivity contribution in [1.29, 1.82) is 0 Å². The lowest BCUT2D eigenvalue weighted by Gasteiger charge is -2.41. The highest BCUT2D eigenvalue weighted by Gasteiger charge is 2.35. The van der Waals surface area contributed by atoms with Crippen LogP contribution in [0.25, 0.3) is 0 Å². The van der Waals surface area contributed by atoms with Gasteiger partial charge in [-0.1, -0.05) is 13.3 Å². The van der Waals surface area contributed by atoms with Crippen molar-refractivity contribution in [1.82, 2.24) is 10.3 Å². The van der Waals surface area contributed by atoms with Gasteiger partial charge in [0.25, 0.3) is 5.91 Å². The maximum atomic E-state index is 12.0. The van der Waals surface area contributed by atoms with Crippen LogP contribution in [0.2, 0.25) is 0 Å². The van der Waals surface area contributed by atoms with Crippen LogP contribution in [0.5, 0.6) is 0 Å². The Morgan fingerprint density at radius 1 is 1.47 bits per heavy atom. The van der Waals surface area contributed by atoms with E-state index in [9.17, 15) is 9.59 Å². The predicted octanol–water partition coefficient (Wildman–Crippen LogP) is 2.09. The number of hydrogen-bond donors (Lipinski definition) is 2. The second kappa shape index (κ2) is 5.38. The first-order valence-corrected chi connectivity index (χ1v) is 6.54. The number of nitrogens with zero attached hydrogens (tertiary/aromatic N) is 1. The molecule has 5 nitrogen and oxygen atoms in total. The van der Waals surface area contributed by atoms with E-state index in [1.54, 1.807) is 0 Å². The number of carbonyl (C=O) groups is 2. The Balaban J connectivity index is 2.00. The molecule has 102 valence electrons. The highest BCUT2D eigenvalue weighted by molar-refractivity contribution is 5.95. The fourth-order valence-corrected chi connectivity index (χ4v) is 2.38. The van der Waals surface area contributed by atoms with Crippen LogP contribution in [-0.2, 0) is 0 Å². The Labute approximate surface area is 112 Å². The van der Waals surface area contributed by atoms with E-state index in [0.717, 1.165) is 19.3 Å². The van der Waals surface area contributed by atoms with E-state index in [1.165, 1.54) is 24.8 Å². The summed E-state index contributed by atoms with van der Waals surface area (Å²) in [7, 11) is 0. The molecule has 1 aliphatic rings. The molecule has 1 fully saturated rings. The van der Waals surface area contributed by atoms with Gasteiger partial charge in [0.2, 0.25) is 0 Å². The largest absolute Gasteiger partial charge is 0.478 e. The maximum absolute atomic E-state index is 12.0. The molecule has 0 bridgehead atoms. The quantitative estimate of drug-likeness (QED) is 0.851. The van der Waals surface area contributed by atoms with Crippen molar-refractivity contribution in [2.24, 2.45) is 5.41 Å². The van der Waals surface area contributed by atoms with Gasteiger partial charge in [-0.3, -0.25) is 9.78 Å². The molecule has 0 spiro atoms. The summed E-state index contributed by atoms with van der Waals surface area (Å²) in [4.78, 5) is 26.7. The van der Waals surface area contributed by atoms with Crippen molar-refractivity contribution in [3.05, 3.63) is 29.6 Å². The van der Waals surface area contributed by atoms with Gasteiger partial charge >= 0.3 is 5.97 Å². The first-order valence-electron chi connectivity index (χ1n) is 6.54. The summed E-state index contributed by atoms with van der Waals surface area (Å²) >= 11 is 0. The number of carbonyl (C=O) groups excluding carboxylic acids is 1. The number of pyridine rings is 1. The molecule has 1 aromatic rings. The van der Waals surface area contributed by atoms with Crippen LogP contribution in [0.1, 0.15) is 53.5 Å². The van der Waals surface area contributed by atoms with Crippen molar-refractivity contribution in [2.45, 2.75) is 32.6 Å². The van der Waals surface area contributed by atoms with E-state index >= 15 is 0 Å². The lowest BCUT2D eigenvalue weighted by atomic mass is 9.67. The molecule has 5 heteroatoms. The van der Waals surface area contributed by atoms with Crippen molar-refractivity contribution in [3.8, 4) is 0 Å². The fourth-order valence-electron chi connectivity index (χ4n) is 2.38. The normalized spacial score (nSPS) is 16.5. The van der Waals surface area contributed by atoms with Gasteiger partial charge < -0.3 is 10.4 Å². The van der Waals surface area contributed by atoms with Crippen molar-refractivity contribution in [2.75, 3.05) is 6.54 Å². The first kappa shape index (κ1) is 13.5. The van der Waals surface area contributed by atoms with E-state index in [-0.39, 0.29) is 22.6 Å². The SMILES string of the molecule is CCC1(CNC(=O)c2cc(C(=O)O)ccn2)CCC1. The maximum Gasteiger partial charge on any atom is 0.335 e. The summed E-state index contributed by atoms with van der Waals surface area (Å²) in [6.45, 7) is 2.77. The molecule has 0 aliphatic heterocycles. The van der Waals surface area contributed by atoms with Crippen molar-refractivity contribution < 1.29 is 14.7 Å². The van der Waals surface area contributed by atoms with Crippen LogP contribution in [0.4, 0.5) is 0 Å².